The molecule has 1 N–H and O–H groups in total. The van der Waals surface area contributed by atoms with Gasteiger partial charge in [-0.25, -0.2) is 0 Å². The Balaban J connectivity index is 2.28. The second-order valence-corrected chi connectivity index (χ2v) is 4.52. The van der Waals surface area contributed by atoms with E-state index >= 15 is 0 Å². The second kappa shape index (κ2) is 5.67. The lowest BCUT2D eigenvalue weighted by Crippen LogP contribution is -2.05. The number of aromatic nitrogens is 3. The topological polar surface area (TPSA) is 50.8 Å². The molecule has 0 aliphatic rings. The van der Waals surface area contributed by atoms with Crippen LogP contribution >= 0.6 is 0 Å². The van der Waals surface area contributed by atoms with Gasteiger partial charge in [0.1, 0.15) is 5.75 Å². The maximum Gasteiger partial charge on any atom is 0.122 e. The predicted octanol–water partition coefficient (Wildman–Crippen LogP) is 2.86. The van der Waals surface area contributed by atoms with Crippen molar-refractivity contribution in [3.63, 3.8) is 0 Å². The number of nitrogens with one attached hydrogen (secondary N) is 1. The van der Waals surface area contributed by atoms with Gasteiger partial charge < -0.3 is 4.74 Å². The molecular formula is C14H19N3O. The molecule has 0 fully saturated rings. The van der Waals surface area contributed by atoms with Gasteiger partial charge in [0.25, 0.3) is 0 Å². The molecule has 1 unspecified atom stereocenters. The summed E-state index contributed by atoms with van der Waals surface area (Å²) >= 11 is 0. The van der Waals surface area contributed by atoms with E-state index in [1.54, 1.807) is 13.3 Å². The third-order valence-electron chi connectivity index (χ3n) is 3.24. The van der Waals surface area contributed by atoms with Crippen LogP contribution in [0.1, 0.15) is 36.1 Å². The van der Waals surface area contributed by atoms with E-state index < -0.39 is 0 Å². The summed E-state index contributed by atoms with van der Waals surface area (Å²) < 4.78 is 5.46. The number of benzene rings is 1. The highest BCUT2D eigenvalue weighted by Gasteiger charge is 2.16. The molecule has 2 rings (SSSR count). The first kappa shape index (κ1) is 12.6. The zero-order valence-electron chi connectivity index (χ0n) is 11.1. The smallest absolute Gasteiger partial charge is 0.122 e. The number of nitrogens with zero attached hydrogens (tertiary/aromatic N) is 2. The van der Waals surface area contributed by atoms with Crippen molar-refractivity contribution in [2.45, 2.75) is 32.6 Å². The molecule has 0 saturated heterocycles. The number of aryl methyl sites for hydroxylation is 1. The van der Waals surface area contributed by atoms with Gasteiger partial charge in [-0.05, 0) is 30.9 Å². The summed E-state index contributed by atoms with van der Waals surface area (Å²) in [7, 11) is 1.72. The number of H-pyrrole nitrogens is 1. The fourth-order valence-electron chi connectivity index (χ4n) is 2.22. The van der Waals surface area contributed by atoms with Crippen molar-refractivity contribution in [3.05, 3.63) is 41.2 Å². The molecule has 0 saturated carbocycles. The number of hydrogen-bond donors (Lipinski definition) is 1. The summed E-state index contributed by atoms with van der Waals surface area (Å²) in [5.41, 5.74) is 3.50. The lowest BCUT2D eigenvalue weighted by Gasteiger charge is -2.18. The van der Waals surface area contributed by atoms with Crippen LogP contribution in [0.2, 0.25) is 0 Å². The number of hydrogen-bond acceptors (Lipinski definition) is 3. The fourth-order valence-corrected chi connectivity index (χ4v) is 2.22. The van der Waals surface area contributed by atoms with Crippen LogP contribution in [-0.2, 0) is 6.42 Å². The van der Waals surface area contributed by atoms with Gasteiger partial charge in [0.05, 0.1) is 19.0 Å². The molecular weight excluding hydrogens is 226 g/mol. The first-order valence-corrected chi connectivity index (χ1v) is 6.23. The van der Waals surface area contributed by atoms with Crippen LogP contribution in [-0.4, -0.2) is 22.5 Å². The SMILES string of the molecule is CCC(Cc1cn[nH]n1)c1cc(C)ccc1OC. The van der Waals surface area contributed by atoms with Crippen LogP contribution in [0.25, 0.3) is 0 Å². The van der Waals surface area contributed by atoms with E-state index in [9.17, 15) is 0 Å². The highest BCUT2D eigenvalue weighted by atomic mass is 16.5. The standard InChI is InChI=1S/C14H19N3O/c1-4-11(8-12-9-15-17-16-12)13-7-10(2)5-6-14(13)18-3/h5-7,9,11H,4,8H2,1-3H3,(H,15,16,17). The zero-order chi connectivity index (χ0) is 13.0. The molecule has 1 aromatic heterocycles. The molecule has 96 valence electrons. The number of methoxy groups -OCH3 is 1. The monoisotopic (exact) mass is 245 g/mol. The number of aromatic amines is 1. The molecule has 4 nitrogen and oxygen atoms in total. The molecule has 0 bridgehead atoms. The van der Waals surface area contributed by atoms with Gasteiger partial charge in [0.15, 0.2) is 0 Å². The molecule has 4 heteroatoms. The minimum Gasteiger partial charge on any atom is -0.496 e. The van der Waals surface area contributed by atoms with Crippen molar-refractivity contribution in [3.8, 4) is 5.75 Å². The Labute approximate surface area is 107 Å². The molecule has 1 heterocycles. The molecule has 0 aliphatic heterocycles. The van der Waals surface area contributed by atoms with E-state index in [0.717, 1.165) is 24.3 Å². The van der Waals surface area contributed by atoms with Crippen LogP contribution in [0, 0.1) is 6.92 Å². The summed E-state index contributed by atoms with van der Waals surface area (Å²) in [5.74, 6) is 1.36. The third kappa shape index (κ3) is 2.70. The molecule has 1 aromatic carbocycles. The molecule has 0 aliphatic carbocycles. The van der Waals surface area contributed by atoms with Crippen LogP contribution in [0.4, 0.5) is 0 Å². The Hall–Kier alpha value is -1.84. The van der Waals surface area contributed by atoms with Crippen LogP contribution < -0.4 is 4.74 Å². The van der Waals surface area contributed by atoms with Gasteiger partial charge in [0, 0.05) is 6.42 Å². The first-order valence-electron chi connectivity index (χ1n) is 6.23. The minimum atomic E-state index is 0.407. The predicted molar refractivity (Wildman–Crippen MR) is 70.8 cm³/mol. The summed E-state index contributed by atoms with van der Waals surface area (Å²) in [5, 5.41) is 10.6. The molecule has 18 heavy (non-hydrogen) atoms. The van der Waals surface area contributed by atoms with Crippen LogP contribution in [0.5, 0.6) is 5.75 Å². The van der Waals surface area contributed by atoms with Gasteiger partial charge >= 0.3 is 0 Å². The molecule has 0 radical (unpaired) electrons. The molecule has 1 atom stereocenters. The first-order chi connectivity index (χ1) is 8.74. The molecule has 2 aromatic rings. The Morgan fingerprint density at radius 2 is 2.22 bits per heavy atom. The van der Waals surface area contributed by atoms with Gasteiger partial charge in [0.2, 0.25) is 0 Å². The average Bonchev–Trinajstić information content (AvgIpc) is 2.88. The Bertz CT molecular complexity index is 494. The van der Waals surface area contributed by atoms with Crippen LogP contribution in [0.15, 0.2) is 24.4 Å². The van der Waals surface area contributed by atoms with Gasteiger partial charge in [-0.15, -0.1) is 0 Å². The maximum absolute atomic E-state index is 5.46. The zero-order valence-corrected chi connectivity index (χ0v) is 11.1. The van der Waals surface area contributed by atoms with E-state index in [0.29, 0.717) is 5.92 Å². The third-order valence-corrected chi connectivity index (χ3v) is 3.24. The number of ether oxygens (including phenoxy) is 1. The van der Waals surface area contributed by atoms with Crippen molar-refractivity contribution in [1.82, 2.24) is 15.4 Å². The van der Waals surface area contributed by atoms with Crippen molar-refractivity contribution in [2.75, 3.05) is 7.11 Å². The number of rotatable bonds is 5. The lowest BCUT2D eigenvalue weighted by molar-refractivity contribution is 0.404. The lowest BCUT2D eigenvalue weighted by atomic mass is 9.90. The summed E-state index contributed by atoms with van der Waals surface area (Å²) in [6.07, 6.45) is 3.71. The van der Waals surface area contributed by atoms with Gasteiger partial charge in [-0.2, -0.15) is 15.4 Å². The van der Waals surface area contributed by atoms with Gasteiger partial charge in [-0.3, -0.25) is 0 Å². The fraction of sp³-hybridized carbons (Fsp3) is 0.429. The van der Waals surface area contributed by atoms with Crippen LogP contribution in [0.3, 0.4) is 0 Å². The highest BCUT2D eigenvalue weighted by Crippen LogP contribution is 2.31. The Kier molecular flexibility index (Phi) is 3.97. The summed E-state index contributed by atoms with van der Waals surface area (Å²) in [6.45, 7) is 4.29. The maximum atomic E-state index is 5.46. The second-order valence-electron chi connectivity index (χ2n) is 4.52. The van der Waals surface area contributed by atoms with E-state index in [2.05, 4.69) is 41.4 Å². The van der Waals surface area contributed by atoms with Gasteiger partial charge in [-0.1, -0.05) is 24.6 Å². The quantitative estimate of drug-likeness (QED) is 0.881. The van der Waals surface area contributed by atoms with E-state index in [1.807, 2.05) is 6.07 Å². The van der Waals surface area contributed by atoms with E-state index in [-0.39, 0.29) is 0 Å². The minimum absolute atomic E-state index is 0.407. The van der Waals surface area contributed by atoms with E-state index in [4.69, 9.17) is 4.74 Å². The van der Waals surface area contributed by atoms with Crippen molar-refractivity contribution >= 4 is 0 Å². The largest absolute Gasteiger partial charge is 0.496 e. The van der Waals surface area contributed by atoms with Crippen molar-refractivity contribution in [1.29, 1.82) is 0 Å². The van der Waals surface area contributed by atoms with Crippen molar-refractivity contribution < 1.29 is 4.74 Å². The Morgan fingerprint density at radius 3 is 2.83 bits per heavy atom. The normalized spacial score (nSPS) is 12.4. The summed E-state index contributed by atoms with van der Waals surface area (Å²) in [4.78, 5) is 0. The van der Waals surface area contributed by atoms with Crippen molar-refractivity contribution in [2.24, 2.45) is 0 Å². The molecule has 0 spiro atoms. The van der Waals surface area contributed by atoms with E-state index in [1.165, 1.54) is 11.1 Å². The molecule has 0 amide bonds. The average molecular weight is 245 g/mol. The summed E-state index contributed by atoms with van der Waals surface area (Å²) in [6, 6.07) is 6.31. The Morgan fingerprint density at radius 1 is 1.39 bits per heavy atom. The highest BCUT2D eigenvalue weighted by molar-refractivity contribution is 5.39.